The normalized spacial score (nSPS) is 18.5. The molecule has 0 aliphatic carbocycles. The summed E-state index contributed by atoms with van der Waals surface area (Å²) < 4.78 is 37.1. The van der Waals surface area contributed by atoms with Crippen LogP contribution in [0.25, 0.3) is 0 Å². The summed E-state index contributed by atoms with van der Waals surface area (Å²) in [4.78, 5) is 1.54. The first kappa shape index (κ1) is 15.8. The van der Waals surface area contributed by atoms with Gasteiger partial charge in [0, 0.05) is 0 Å². The molecular formula is C13H25F3N2. The third kappa shape index (κ3) is 7.21. The van der Waals surface area contributed by atoms with E-state index in [1.54, 1.807) is 4.90 Å². The van der Waals surface area contributed by atoms with Gasteiger partial charge in [-0.05, 0) is 64.2 Å². The molecule has 0 saturated carbocycles. The third-order valence-corrected chi connectivity index (χ3v) is 3.49. The molecule has 1 N–H and O–H groups in total. The quantitative estimate of drug-likeness (QED) is 0.762. The van der Waals surface area contributed by atoms with E-state index >= 15 is 0 Å². The molecule has 0 aromatic heterocycles. The molecule has 1 rings (SSSR count). The Balaban J connectivity index is 2.19. The predicted molar refractivity (Wildman–Crippen MR) is 67.6 cm³/mol. The smallest absolute Gasteiger partial charge is 0.317 e. The zero-order valence-corrected chi connectivity index (χ0v) is 11.2. The number of nitrogens with one attached hydrogen (secondary N) is 1. The van der Waals surface area contributed by atoms with Crippen LogP contribution in [0.1, 0.15) is 39.0 Å². The lowest BCUT2D eigenvalue weighted by atomic mass is 9.93. The molecule has 0 atom stereocenters. The minimum absolute atomic E-state index is 0.547. The molecule has 1 aliphatic heterocycles. The van der Waals surface area contributed by atoms with Crippen molar-refractivity contribution < 1.29 is 13.2 Å². The molecular weight excluding hydrogens is 241 g/mol. The van der Waals surface area contributed by atoms with Gasteiger partial charge in [-0.25, -0.2) is 0 Å². The highest BCUT2D eigenvalue weighted by atomic mass is 19.4. The van der Waals surface area contributed by atoms with Gasteiger partial charge in [-0.1, -0.05) is 6.92 Å². The summed E-state index contributed by atoms with van der Waals surface area (Å²) in [6, 6.07) is 0. The van der Waals surface area contributed by atoms with Crippen molar-refractivity contribution in [2.75, 3.05) is 32.7 Å². The van der Waals surface area contributed by atoms with Crippen molar-refractivity contribution in [2.45, 2.75) is 45.2 Å². The van der Waals surface area contributed by atoms with Gasteiger partial charge in [-0.3, -0.25) is 4.90 Å². The third-order valence-electron chi connectivity index (χ3n) is 3.49. The van der Waals surface area contributed by atoms with Crippen LogP contribution in [-0.2, 0) is 0 Å². The van der Waals surface area contributed by atoms with Gasteiger partial charge >= 0.3 is 6.18 Å². The Hall–Kier alpha value is -0.290. The Morgan fingerprint density at radius 1 is 1.17 bits per heavy atom. The molecule has 1 fully saturated rings. The highest BCUT2D eigenvalue weighted by molar-refractivity contribution is 4.70. The summed E-state index contributed by atoms with van der Waals surface area (Å²) in [5.74, 6) is 0.709. The van der Waals surface area contributed by atoms with Crippen molar-refractivity contribution in [3.63, 3.8) is 0 Å². The highest BCUT2D eigenvalue weighted by Crippen LogP contribution is 2.20. The number of halogens is 3. The fraction of sp³-hybridized carbons (Fsp3) is 1.00. The Kier molecular flexibility index (Phi) is 7.00. The van der Waals surface area contributed by atoms with Gasteiger partial charge < -0.3 is 5.32 Å². The molecule has 1 saturated heterocycles. The van der Waals surface area contributed by atoms with Crippen LogP contribution in [-0.4, -0.2) is 43.8 Å². The van der Waals surface area contributed by atoms with Crippen molar-refractivity contribution in [1.29, 1.82) is 0 Å². The lowest BCUT2D eigenvalue weighted by Gasteiger charge is -2.26. The number of alkyl halides is 3. The van der Waals surface area contributed by atoms with E-state index in [-0.39, 0.29) is 0 Å². The second-order valence-corrected chi connectivity index (χ2v) is 5.23. The first-order valence-electron chi connectivity index (χ1n) is 7.01. The number of hydrogen-bond acceptors (Lipinski definition) is 2. The molecule has 18 heavy (non-hydrogen) atoms. The van der Waals surface area contributed by atoms with E-state index in [0.29, 0.717) is 19.0 Å². The summed E-state index contributed by atoms with van der Waals surface area (Å²) in [5, 5.41) is 3.31. The fourth-order valence-electron chi connectivity index (χ4n) is 2.61. The van der Waals surface area contributed by atoms with Crippen LogP contribution < -0.4 is 5.32 Å². The summed E-state index contributed by atoms with van der Waals surface area (Å²) in [6.45, 7) is 4.42. The van der Waals surface area contributed by atoms with Crippen molar-refractivity contribution >= 4 is 0 Å². The van der Waals surface area contributed by atoms with Gasteiger partial charge in [-0.2, -0.15) is 13.2 Å². The van der Waals surface area contributed by atoms with E-state index in [9.17, 15) is 13.2 Å². The van der Waals surface area contributed by atoms with Gasteiger partial charge in [0.05, 0.1) is 6.54 Å². The molecule has 0 spiro atoms. The van der Waals surface area contributed by atoms with E-state index in [1.165, 1.54) is 12.8 Å². The fourth-order valence-corrected chi connectivity index (χ4v) is 2.61. The van der Waals surface area contributed by atoms with Gasteiger partial charge in [0.25, 0.3) is 0 Å². The maximum atomic E-state index is 12.4. The van der Waals surface area contributed by atoms with Gasteiger partial charge in [0.1, 0.15) is 0 Å². The zero-order valence-electron chi connectivity index (χ0n) is 11.2. The summed E-state index contributed by atoms with van der Waals surface area (Å²) in [5.41, 5.74) is 0. The molecule has 0 aromatic carbocycles. The average Bonchev–Trinajstić information content (AvgIpc) is 2.28. The minimum atomic E-state index is -4.07. The number of piperidine rings is 1. The highest BCUT2D eigenvalue weighted by Gasteiger charge is 2.30. The second-order valence-electron chi connectivity index (χ2n) is 5.23. The van der Waals surface area contributed by atoms with E-state index in [2.05, 4.69) is 5.32 Å². The van der Waals surface area contributed by atoms with Crippen molar-refractivity contribution in [2.24, 2.45) is 5.92 Å². The van der Waals surface area contributed by atoms with Gasteiger partial charge in [0.15, 0.2) is 0 Å². The van der Waals surface area contributed by atoms with Crippen molar-refractivity contribution in [3.8, 4) is 0 Å². The van der Waals surface area contributed by atoms with Crippen LogP contribution in [0.3, 0.4) is 0 Å². The number of hydrogen-bond donors (Lipinski definition) is 1. The molecule has 1 aliphatic rings. The second kappa shape index (κ2) is 8.00. The molecule has 2 nitrogen and oxygen atoms in total. The van der Waals surface area contributed by atoms with E-state index in [4.69, 9.17) is 0 Å². The van der Waals surface area contributed by atoms with Crippen LogP contribution in [0.4, 0.5) is 13.2 Å². The largest absolute Gasteiger partial charge is 0.401 e. The van der Waals surface area contributed by atoms with Crippen LogP contribution in [0.15, 0.2) is 0 Å². The molecule has 0 radical (unpaired) electrons. The Morgan fingerprint density at radius 3 is 2.39 bits per heavy atom. The monoisotopic (exact) mass is 266 g/mol. The predicted octanol–water partition coefficient (Wildman–Crippen LogP) is 3.04. The molecule has 0 amide bonds. The van der Waals surface area contributed by atoms with Gasteiger partial charge in [-0.15, -0.1) is 0 Å². The van der Waals surface area contributed by atoms with Crippen LogP contribution >= 0.6 is 0 Å². The Bertz CT molecular complexity index is 213. The SMILES string of the molecule is CCCN(CCCC1CCNCC1)CC(F)(F)F. The zero-order chi connectivity index (χ0) is 13.4. The van der Waals surface area contributed by atoms with Crippen molar-refractivity contribution in [3.05, 3.63) is 0 Å². The Morgan fingerprint density at radius 2 is 1.83 bits per heavy atom. The molecule has 108 valence electrons. The number of nitrogens with zero attached hydrogens (tertiary/aromatic N) is 1. The molecule has 1 heterocycles. The van der Waals surface area contributed by atoms with E-state index < -0.39 is 12.7 Å². The van der Waals surface area contributed by atoms with Crippen LogP contribution in [0, 0.1) is 5.92 Å². The maximum absolute atomic E-state index is 12.4. The summed E-state index contributed by atoms with van der Waals surface area (Å²) in [7, 11) is 0. The summed E-state index contributed by atoms with van der Waals surface area (Å²) >= 11 is 0. The molecule has 0 unspecified atom stereocenters. The van der Waals surface area contributed by atoms with Crippen LogP contribution in [0.2, 0.25) is 0 Å². The first-order chi connectivity index (χ1) is 8.51. The molecule has 5 heteroatoms. The number of rotatable bonds is 7. The van der Waals surface area contributed by atoms with E-state index in [0.717, 1.165) is 32.4 Å². The van der Waals surface area contributed by atoms with E-state index in [1.807, 2.05) is 6.92 Å². The topological polar surface area (TPSA) is 15.3 Å². The minimum Gasteiger partial charge on any atom is -0.317 e. The standard InChI is InChI=1S/C13H25F3N2/c1-2-9-18(11-13(14,15)16)10-3-4-12-5-7-17-8-6-12/h12,17H,2-11H2,1H3. The first-order valence-corrected chi connectivity index (χ1v) is 7.01. The summed E-state index contributed by atoms with van der Waals surface area (Å²) in [6.07, 6.45) is 1.02. The van der Waals surface area contributed by atoms with Crippen molar-refractivity contribution in [1.82, 2.24) is 10.2 Å². The molecule has 0 aromatic rings. The lowest BCUT2D eigenvalue weighted by molar-refractivity contribution is -0.146. The average molecular weight is 266 g/mol. The van der Waals surface area contributed by atoms with Gasteiger partial charge in [0.2, 0.25) is 0 Å². The van der Waals surface area contributed by atoms with Crippen LogP contribution in [0.5, 0.6) is 0 Å². The maximum Gasteiger partial charge on any atom is 0.401 e. The lowest BCUT2D eigenvalue weighted by Crippen LogP contribution is -2.36. The Labute approximate surface area is 108 Å². The molecule has 0 bridgehead atoms.